The van der Waals surface area contributed by atoms with E-state index in [2.05, 4.69) is 27.4 Å². The number of aromatic nitrogens is 3. The average Bonchev–Trinajstić information content (AvgIpc) is 3.23. The lowest BCUT2D eigenvalue weighted by atomic mass is 10.1. The van der Waals surface area contributed by atoms with Crippen molar-refractivity contribution in [3.05, 3.63) is 94.5 Å². The second-order valence-electron chi connectivity index (χ2n) is 6.99. The zero-order valence-electron chi connectivity index (χ0n) is 17.6. The van der Waals surface area contributed by atoms with E-state index in [4.69, 9.17) is 21.7 Å². The Morgan fingerprint density at radius 3 is 2.48 bits per heavy atom. The van der Waals surface area contributed by atoms with Crippen LogP contribution in [0.4, 0.5) is 8.78 Å². The van der Waals surface area contributed by atoms with Gasteiger partial charge in [-0.1, -0.05) is 42.5 Å². The summed E-state index contributed by atoms with van der Waals surface area (Å²) in [6.45, 7) is 0.253. The number of hydrogen-bond donors (Lipinski definition) is 1. The molecule has 0 fully saturated rings. The molecule has 0 spiro atoms. The Balaban J connectivity index is 1.50. The number of halogens is 2. The van der Waals surface area contributed by atoms with Crippen LogP contribution >= 0.6 is 12.2 Å². The van der Waals surface area contributed by atoms with Gasteiger partial charge in [0.2, 0.25) is 10.6 Å². The molecule has 33 heavy (non-hydrogen) atoms. The van der Waals surface area contributed by atoms with Crippen molar-refractivity contribution < 1.29 is 18.3 Å². The molecule has 168 valence electrons. The van der Waals surface area contributed by atoms with E-state index in [-0.39, 0.29) is 11.4 Å². The molecule has 0 amide bonds. The Labute approximate surface area is 194 Å². The Hall–Kier alpha value is -3.85. The SMILES string of the molecule is COc1ccc(/C=N\n2c(C(F)F)n[nH]c2=S)cc1COc1ccc(-c2ccccc2)cc1. The highest BCUT2D eigenvalue weighted by atomic mass is 32.1. The van der Waals surface area contributed by atoms with Crippen LogP contribution in [0.5, 0.6) is 11.5 Å². The molecule has 1 aromatic heterocycles. The fraction of sp³-hybridized carbons (Fsp3) is 0.125. The number of ether oxygens (including phenoxy) is 2. The first kappa shape index (κ1) is 22.3. The Bertz CT molecular complexity index is 1300. The molecule has 3 aromatic carbocycles. The van der Waals surface area contributed by atoms with Crippen LogP contribution in [0, 0.1) is 4.77 Å². The topological polar surface area (TPSA) is 64.4 Å². The predicted molar refractivity (Wildman–Crippen MR) is 125 cm³/mol. The second-order valence-corrected chi connectivity index (χ2v) is 7.38. The molecule has 0 aliphatic rings. The molecule has 0 aliphatic heterocycles. The van der Waals surface area contributed by atoms with Crippen molar-refractivity contribution >= 4 is 18.4 Å². The minimum Gasteiger partial charge on any atom is -0.496 e. The van der Waals surface area contributed by atoms with Gasteiger partial charge in [0.1, 0.15) is 18.1 Å². The largest absolute Gasteiger partial charge is 0.496 e. The first-order valence-electron chi connectivity index (χ1n) is 10.00. The van der Waals surface area contributed by atoms with Gasteiger partial charge in [0.15, 0.2) is 0 Å². The lowest BCUT2D eigenvalue weighted by Crippen LogP contribution is -2.01. The van der Waals surface area contributed by atoms with E-state index < -0.39 is 12.2 Å². The minimum absolute atomic E-state index is 0.0161. The molecule has 0 bridgehead atoms. The summed E-state index contributed by atoms with van der Waals surface area (Å²) in [4.78, 5) is 0. The van der Waals surface area contributed by atoms with Gasteiger partial charge in [-0.25, -0.2) is 13.9 Å². The minimum atomic E-state index is -2.80. The zero-order chi connectivity index (χ0) is 23.2. The van der Waals surface area contributed by atoms with Crippen molar-refractivity contribution in [2.75, 3.05) is 7.11 Å². The van der Waals surface area contributed by atoms with E-state index in [1.807, 2.05) is 48.5 Å². The molecule has 0 radical (unpaired) electrons. The molecule has 0 unspecified atom stereocenters. The van der Waals surface area contributed by atoms with Crippen LogP contribution in [0.2, 0.25) is 0 Å². The molecule has 9 heteroatoms. The maximum Gasteiger partial charge on any atom is 0.299 e. The number of nitrogens with zero attached hydrogens (tertiary/aromatic N) is 3. The lowest BCUT2D eigenvalue weighted by Gasteiger charge is -2.12. The monoisotopic (exact) mass is 466 g/mol. The van der Waals surface area contributed by atoms with Gasteiger partial charge in [-0.3, -0.25) is 0 Å². The Morgan fingerprint density at radius 1 is 1.06 bits per heavy atom. The first-order chi connectivity index (χ1) is 16.0. The van der Waals surface area contributed by atoms with Gasteiger partial charge >= 0.3 is 0 Å². The number of methoxy groups -OCH3 is 1. The third-order valence-electron chi connectivity index (χ3n) is 4.85. The molecule has 0 aliphatic carbocycles. The van der Waals surface area contributed by atoms with Crippen LogP contribution in [0.25, 0.3) is 11.1 Å². The van der Waals surface area contributed by atoms with Crippen molar-refractivity contribution in [2.24, 2.45) is 5.10 Å². The van der Waals surface area contributed by atoms with Crippen molar-refractivity contribution in [2.45, 2.75) is 13.0 Å². The smallest absolute Gasteiger partial charge is 0.299 e. The van der Waals surface area contributed by atoms with E-state index in [0.29, 0.717) is 17.1 Å². The number of H-pyrrole nitrogens is 1. The lowest BCUT2D eigenvalue weighted by molar-refractivity contribution is 0.136. The molecule has 1 N–H and O–H groups in total. The van der Waals surface area contributed by atoms with Crippen molar-refractivity contribution in [3.8, 4) is 22.6 Å². The Morgan fingerprint density at radius 2 is 1.79 bits per heavy atom. The van der Waals surface area contributed by atoms with Crippen LogP contribution in [-0.4, -0.2) is 28.2 Å². The van der Waals surface area contributed by atoms with Crippen LogP contribution in [0.1, 0.15) is 23.4 Å². The number of rotatable bonds is 8. The Kier molecular flexibility index (Phi) is 6.89. The summed E-state index contributed by atoms with van der Waals surface area (Å²) in [5.41, 5.74) is 3.67. The highest BCUT2D eigenvalue weighted by molar-refractivity contribution is 7.71. The summed E-state index contributed by atoms with van der Waals surface area (Å²) in [7, 11) is 1.57. The number of benzene rings is 3. The standard InChI is InChI=1S/C24H20F2N4O2S/c1-31-21-12-7-16(14-27-30-23(22(25)26)28-29-24(30)33)13-19(21)15-32-20-10-8-18(9-11-20)17-5-3-2-4-6-17/h2-14,22H,15H2,1H3,(H,29,33)/b27-14-. The number of nitrogens with one attached hydrogen (secondary N) is 1. The fourth-order valence-electron chi connectivity index (χ4n) is 3.21. The molecule has 4 aromatic rings. The van der Waals surface area contributed by atoms with E-state index in [1.165, 1.54) is 6.21 Å². The van der Waals surface area contributed by atoms with E-state index in [9.17, 15) is 8.78 Å². The number of alkyl halides is 2. The van der Waals surface area contributed by atoms with Gasteiger partial charge in [0.25, 0.3) is 6.43 Å². The van der Waals surface area contributed by atoms with Gasteiger partial charge < -0.3 is 9.47 Å². The van der Waals surface area contributed by atoms with Gasteiger partial charge in [-0.05, 0) is 59.2 Å². The van der Waals surface area contributed by atoms with Crippen LogP contribution in [0.3, 0.4) is 0 Å². The normalized spacial score (nSPS) is 11.3. The highest BCUT2D eigenvalue weighted by Gasteiger charge is 2.16. The van der Waals surface area contributed by atoms with Crippen LogP contribution in [0.15, 0.2) is 77.9 Å². The van der Waals surface area contributed by atoms with Gasteiger partial charge in [-0.15, -0.1) is 0 Å². The second kappa shape index (κ2) is 10.2. The summed E-state index contributed by atoms with van der Waals surface area (Å²) < 4.78 is 38.4. The fourth-order valence-corrected chi connectivity index (χ4v) is 3.39. The third kappa shape index (κ3) is 5.32. The first-order valence-corrected chi connectivity index (χ1v) is 10.4. The maximum absolute atomic E-state index is 13.1. The summed E-state index contributed by atoms with van der Waals surface area (Å²) in [5.74, 6) is 0.801. The molecule has 1 heterocycles. The van der Waals surface area contributed by atoms with E-state index >= 15 is 0 Å². The van der Waals surface area contributed by atoms with Gasteiger partial charge in [-0.2, -0.15) is 14.9 Å². The average molecular weight is 467 g/mol. The summed E-state index contributed by atoms with van der Waals surface area (Å²) >= 11 is 4.97. The summed E-state index contributed by atoms with van der Waals surface area (Å²) in [6.07, 6.45) is -1.38. The molecule has 0 saturated carbocycles. The highest BCUT2D eigenvalue weighted by Crippen LogP contribution is 2.25. The van der Waals surface area contributed by atoms with E-state index in [1.54, 1.807) is 19.2 Å². The van der Waals surface area contributed by atoms with Crippen molar-refractivity contribution in [3.63, 3.8) is 0 Å². The molecular weight excluding hydrogens is 446 g/mol. The van der Waals surface area contributed by atoms with Crippen LogP contribution in [-0.2, 0) is 6.61 Å². The summed E-state index contributed by atoms with van der Waals surface area (Å²) in [6, 6.07) is 23.2. The van der Waals surface area contributed by atoms with Crippen LogP contribution < -0.4 is 9.47 Å². The summed E-state index contributed by atoms with van der Waals surface area (Å²) in [5, 5.41) is 9.86. The quantitative estimate of drug-likeness (QED) is 0.255. The number of hydrogen-bond acceptors (Lipinski definition) is 5. The van der Waals surface area contributed by atoms with Gasteiger partial charge in [0.05, 0.1) is 13.3 Å². The van der Waals surface area contributed by atoms with E-state index in [0.717, 1.165) is 21.4 Å². The predicted octanol–water partition coefficient (Wildman–Crippen LogP) is 6.02. The molecular formula is C24H20F2N4O2S. The third-order valence-corrected chi connectivity index (χ3v) is 5.12. The molecule has 4 rings (SSSR count). The number of aromatic amines is 1. The molecule has 0 saturated heterocycles. The maximum atomic E-state index is 13.1. The van der Waals surface area contributed by atoms with Crippen molar-refractivity contribution in [1.29, 1.82) is 0 Å². The zero-order valence-corrected chi connectivity index (χ0v) is 18.4. The van der Waals surface area contributed by atoms with Crippen molar-refractivity contribution in [1.82, 2.24) is 14.9 Å². The van der Waals surface area contributed by atoms with Gasteiger partial charge in [0, 0.05) is 5.56 Å². The molecule has 6 nitrogen and oxygen atoms in total. The molecule has 0 atom stereocenters.